The Labute approximate surface area is 219 Å². The van der Waals surface area contributed by atoms with Gasteiger partial charge in [-0.2, -0.15) is 4.31 Å². The van der Waals surface area contributed by atoms with Gasteiger partial charge in [-0.15, -0.1) is 0 Å². The van der Waals surface area contributed by atoms with Gasteiger partial charge in [0.1, 0.15) is 11.9 Å². The molecular formula is C27H36N3O6S. The van der Waals surface area contributed by atoms with Crippen molar-refractivity contribution in [2.45, 2.75) is 49.3 Å². The van der Waals surface area contributed by atoms with Crippen molar-refractivity contribution < 1.29 is 27.8 Å². The van der Waals surface area contributed by atoms with Crippen molar-refractivity contribution in [1.29, 1.82) is 0 Å². The third kappa shape index (κ3) is 7.52. The summed E-state index contributed by atoms with van der Waals surface area (Å²) < 4.78 is 39.0. The van der Waals surface area contributed by atoms with Gasteiger partial charge in [0.2, 0.25) is 15.9 Å². The maximum Gasteiger partial charge on any atom is 0.243 e. The van der Waals surface area contributed by atoms with Gasteiger partial charge in [-0.1, -0.05) is 30.3 Å². The molecule has 1 amide bonds. The number of nitrogens with zero attached hydrogens (tertiary/aromatic N) is 2. The second-order valence-corrected chi connectivity index (χ2v) is 11.6. The van der Waals surface area contributed by atoms with E-state index in [1.165, 1.54) is 23.5 Å². The zero-order valence-corrected chi connectivity index (χ0v) is 22.2. The average molecular weight is 531 g/mol. The van der Waals surface area contributed by atoms with Crippen molar-refractivity contribution in [2.75, 3.05) is 39.9 Å². The van der Waals surface area contributed by atoms with E-state index in [4.69, 9.17) is 9.47 Å². The third-order valence-corrected chi connectivity index (χ3v) is 8.60. The molecule has 2 fully saturated rings. The zero-order valence-electron chi connectivity index (χ0n) is 21.4. The van der Waals surface area contributed by atoms with Gasteiger partial charge in [0.15, 0.2) is 0 Å². The van der Waals surface area contributed by atoms with Crippen molar-refractivity contribution in [2.24, 2.45) is 0 Å². The van der Waals surface area contributed by atoms with Gasteiger partial charge in [0.25, 0.3) is 0 Å². The fourth-order valence-corrected chi connectivity index (χ4v) is 6.23. The second-order valence-electron chi connectivity index (χ2n) is 9.67. The van der Waals surface area contributed by atoms with Crippen molar-refractivity contribution >= 4 is 15.9 Å². The van der Waals surface area contributed by atoms with Crippen LogP contribution in [-0.2, 0) is 26.0 Å². The van der Waals surface area contributed by atoms with E-state index in [1.807, 2.05) is 42.2 Å². The highest BCUT2D eigenvalue weighted by atomic mass is 32.2. The number of methoxy groups -OCH3 is 1. The average Bonchev–Trinajstić information content (AvgIpc) is 3.72. The standard InChI is InChI=1S/C27H36N3O6S/c1-20-17-29(14-15-36-20)19-27(32)28-25(16-21-6-4-3-5-7-21)26(31)18-30(22-8-9-22)37(33,34)24-12-10-23(35-2)11-13-24/h3-7,10-13,22,25-26,31H,8-9,14-19H2,1-2H3,(H,28,32)/t25-,26+/m0/s1. The van der Waals surface area contributed by atoms with Gasteiger partial charge in [-0.05, 0) is 56.0 Å². The molecule has 0 unspecified atom stereocenters. The van der Waals surface area contributed by atoms with E-state index in [9.17, 15) is 18.3 Å². The molecule has 1 saturated carbocycles. The lowest BCUT2D eigenvalue weighted by atomic mass is 10.0. The van der Waals surface area contributed by atoms with Crippen LogP contribution in [0.5, 0.6) is 5.75 Å². The van der Waals surface area contributed by atoms with Crippen LogP contribution < -0.4 is 10.1 Å². The van der Waals surface area contributed by atoms with Crippen LogP contribution in [0.1, 0.15) is 25.3 Å². The van der Waals surface area contributed by atoms with E-state index in [0.717, 1.165) is 24.5 Å². The van der Waals surface area contributed by atoms with Crippen molar-refractivity contribution in [3.8, 4) is 5.75 Å². The SMILES string of the molecule is COc1ccc(S(=O)(=O)N(C[C@@H](O)[C@H](Cc2ccccc2)NC(=O)CN2CCO[C](C)C2)C2CC2)cc1. The van der Waals surface area contributed by atoms with Gasteiger partial charge >= 0.3 is 0 Å². The maximum absolute atomic E-state index is 13.5. The number of ether oxygens (including phenoxy) is 2. The van der Waals surface area contributed by atoms with E-state index >= 15 is 0 Å². The molecule has 37 heavy (non-hydrogen) atoms. The lowest BCUT2D eigenvalue weighted by Crippen LogP contribution is -2.53. The summed E-state index contributed by atoms with van der Waals surface area (Å²) in [7, 11) is -2.32. The van der Waals surface area contributed by atoms with Crippen LogP contribution in [0.3, 0.4) is 0 Å². The molecule has 2 atom stereocenters. The zero-order chi connectivity index (χ0) is 26.4. The topological polar surface area (TPSA) is 108 Å². The smallest absolute Gasteiger partial charge is 0.243 e. The summed E-state index contributed by atoms with van der Waals surface area (Å²) in [6.45, 7) is 3.72. The summed E-state index contributed by atoms with van der Waals surface area (Å²) in [4.78, 5) is 15.1. The molecule has 2 N–H and O–H groups in total. The number of amides is 1. The minimum absolute atomic E-state index is 0.110. The minimum Gasteiger partial charge on any atom is -0.497 e. The molecule has 2 aliphatic rings. The molecule has 1 heterocycles. The molecule has 4 rings (SSSR count). The number of carbonyl (C=O) groups excluding carboxylic acids is 1. The summed E-state index contributed by atoms with van der Waals surface area (Å²) >= 11 is 0. The summed E-state index contributed by atoms with van der Waals surface area (Å²) in [5.74, 6) is 0.348. The number of carbonyl (C=O) groups is 1. The molecule has 2 aromatic rings. The van der Waals surface area contributed by atoms with Crippen LogP contribution in [0.4, 0.5) is 0 Å². The Hall–Kier alpha value is -2.50. The summed E-state index contributed by atoms with van der Waals surface area (Å²) in [6.07, 6.45) is 1.62. The van der Waals surface area contributed by atoms with Gasteiger partial charge in [0.05, 0.1) is 37.3 Å². The quantitative estimate of drug-likeness (QED) is 0.431. The molecule has 1 aliphatic carbocycles. The molecule has 0 spiro atoms. The van der Waals surface area contributed by atoms with Crippen LogP contribution in [0.15, 0.2) is 59.5 Å². The highest BCUT2D eigenvalue weighted by molar-refractivity contribution is 7.89. The van der Waals surface area contributed by atoms with Gasteiger partial charge in [0, 0.05) is 25.7 Å². The Balaban J connectivity index is 1.49. The molecule has 1 saturated heterocycles. The van der Waals surface area contributed by atoms with E-state index in [-0.39, 0.29) is 29.9 Å². The third-order valence-electron chi connectivity index (χ3n) is 6.67. The first-order valence-electron chi connectivity index (χ1n) is 12.6. The molecule has 10 heteroatoms. The highest BCUT2D eigenvalue weighted by Gasteiger charge is 2.40. The highest BCUT2D eigenvalue weighted by Crippen LogP contribution is 2.33. The fraction of sp³-hybridized carbons (Fsp3) is 0.481. The molecule has 1 radical (unpaired) electrons. The minimum atomic E-state index is -3.84. The molecular weight excluding hydrogens is 494 g/mol. The normalized spacial score (nSPS) is 18.9. The van der Waals surface area contributed by atoms with Crippen molar-refractivity contribution in [3.05, 3.63) is 66.3 Å². The van der Waals surface area contributed by atoms with E-state index in [0.29, 0.717) is 31.9 Å². The van der Waals surface area contributed by atoms with Gasteiger partial charge in [-0.3, -0.25) is 9.69 Å². The summed E-state index contributed by atoms with van der Waals surface area (Å²) in [5.41, 5.74) is 0.943. The number of benzene rings is 2. The first-order valence-corrected chi connectivity index (χ1v) is 14.0. The molecule has 2 aromatic carbocycles. The van der Waals surface area contributed by atoms with E-state index < -0.39 is 22.2 Å². The Morgan fingerprint density at radius 2 is 1.89 bits per heavy atom. The van der Waals surface area contributed by atoms with Crippen LogP contribution >= 0.6 is 0 Å². The summed E-state index contributed by atoms with van der Waals surface area (Å²) in [6, 6.07) is 15.0. The first kappa shape index (κ1) is 27.5. The molecule has 0 aromatic heterocycles. The van der Waals surface area contributed by atoms with Crippen LogP contribution in [0.2, 0.25) is 0 Å². The number of morpholine rings is 1. The number of aliphatic hydroxyl groups excluding tert-OH is 1. The Kier molecular flexibility index (Phi) is 9.20. The molecule has 9 nitrogen and oxygen atoms in total. The van der Waals surface area contributed by atoms with E-state index in [1.54, 1.807) is 12.1 Å². The number of hydrogen-bond donors (Lipinski definition) is 2. The maximum atomic E-state index is 13.5. The number of sulfonamides is 1. The molecule has 0 bridgehead atoms. The predicted molar refractivity (Wildman–Crippen MR) is 139 cm³/mol. The Morgan fingerprint density at radius 1 is 1.19 bits per heavy atom. The van der Waals surface area contributed by atoms with Gasteiger partial charge in [-0.25, -0.2) is 8.42 Å². The number of aliphatic hydroxyl groups is 1. The monoisotopic (exact) mass is 530 g/mol. The Morgan fingerprint density at radius 3 is 2.51 bits per heavy atom. The number of hydrogen-bond acceptors (Lipinski definition) is 7. The molecule has 1 aliphatic heterocycles. The molecule has 201 valence electrons. The Bertz CT molecular complexity index is 1120. The van der Waals surface area contributed by atoms with Crippen LogP contribution in [0.25, 0.3) is 0 Å². The van der Waals surface area contributed by atoms with Crippen molar-refractivity contribution in [3.63, 3.8) is 0 Å². The predicted octanol–water partition coefficient (Wildman–Crippen LogP) is 1.82. The first-order chi connectivity index (χ1) is 17.8. The number of nitrogens with one attached hydrogen (secondary N) is 1. The fourth-order valence-electron chi connectivity index (χ4n) is 4.53. The second kappa shape index (κ2) is 12.4. The van der Waals surface area contributed by atoms with Crippen LogP contribution in [0, 0.1) is 6.10 Å². The lowest BCUT2D eigenvalue weighted by molar-refractivity contribution is -0.124. The van der Waals surface area contributed by atoms with Gasteiger partial charge < -0.3 is 19.9 Å². The summed E-state index contributed by atoms with van der Waals surface area (Å²) in [5, 5.41) is 14.3. The van der Waals surface area contributed by atoms with E-state index in [2.05, 4.69) is 5.32 Å². The number of rotatable bonds is 12. The van der Waals surface area contributed by atoms with Crippen molar-refractivity contribution in [1.82, 2.24) is 14.5 Å². The largest absolute Gasteiger partial charge is 0.497 e. The lowest BCUT2D eigenvalue weighted by Gasteiger charge is -2.32. The van der Waals surface area contributed by atoms with Crippen LogP contribution in [-0.4, -0.2) is 86.7 Å².